The number of rotatable bonds is 5. The Labute approximate surface area is 188 Å². The maximum atomic E-state index is 13.5. The van der Waals surface area contributed by atoms with Gasteiger partial charge in [0.1, 0.15) is 12.4 Å². The van der Waals surface area contributed by atoms with Gasteiger partial charge in [-0.1, -0.05) is 34.2 Å². The Hall–Kier alpha value is -2.30. The number of alkyl halides is 6. The van der Waals surface area contributed by atoms with Crippen molar-refractivity contribution in [3.63, 3.8) is 0 Å². The number of hydrogen-bond donors (Lipinski definition) is 0. The molecule has 1 unspecified atom stereocenters. The number of carbonyl (C=O) groups excluding carboxylic acids is 1. The van der Waals surface area contributed by atoms with Crippen molar-refractivity contribution in [1.29, 1.82) is 0 Å². The molecule has 0 aromatic heterocycles. The van der Waals surface area contributed by atoms with Crippen LogP contribution in [0.4, 0.5) is 35.5 Å². The zero-order valence-electron chi connectivity index (χ0n) is 16.9. The third-order valence-electron chi connectivity index (χ3n) is 4.49. The molecule has 0 N–H and O–H groups in total. The minimum Gasteiger partial charge on any atom is -0.448 e. The highest BCUT2D eigenvalue weighted by atomic mass is 79.9. The fraction of sp³-hybridized carbons (Fsp3) is 0.381. The molecule has 3 nitrogen and oxygen atoms in total. The van der Waals surface area contributed by atoms with Crippen molar-refractivity contribution in [3.8, 4) is 0 Å². The molecule has 0 radical (unpaired) electrons. The summed E-state index contributed by atoms with van der Waals surface area (Å²) >= 11 is 3.25. The standard InChI is InChI=1S/C21H19BrF7NO2/c1-12(2)30(10-14-8-17(23)5-6-18(14)22)19(31)32-11-13-3-4-15(20(24,25)26)9-16(7-13)21(27,28)29/h3-9,12-13H,10-11H2,1-2H3. The van der Waals surface area contributed by atoms with Crippen molar-refractivity contribution in [3.05, 3.63) is 69.5 Å². The van der Waals surface area contributed by atoms with Crippen LogP contribution in [0.1, 0.15) is 19.4 Å². The van der Waals surface area contributed by atoms with Gasteiger partial charge in [-0.25, -0.2) is 9.18 Å². The first kappa shape index (κ1) is 26.0. The van der Waals surface area contributed by atoms with E-state index >= 15 is 0 Å². The van der Waals surface area contributed by atoms with Gasteiger partial charge in [0.05, 0.1) is 17.7 Å². The van der Waals surface area contributed by atoms with Crippen molar-refractivity contribution < 1.29 is 40.3 Å². The van der Waals surface area contributed by atoms with Gasteiger partial charge in [0, 0.05) is 16.4 Å². The summed E-state index contributed by atoms with van der Waals surface area (Å²) in [5.41, 5.74) is -2.52. The van der Waals surface area contributed by atoms with Crippen LogP contribution in [-0.4, -0.2) is 36.0 Å². The maximum Gasteiger partial charge on any atom is 0.416 e. The van der Waals surface area contributed by atoms with E-state index in [2.05, 4.69) is 15.9 Å². The van der Waals surface area contributed by atoms with Crippen LogP contribution in [0.25, 0.3) is 0 Å². The van der Waals surface area contributed by atoms with Gasteiger partial charge in [0.2, 0.25) is 0 Å². The first-order valence-electron chi connectivity index (χ1n) is 9.32. The second kappa shape index (κ2) is 10.1. The summed E-state index contributed by atoms with van der Waals surface area (Å²) in [6.45, 7) is 2.64. The Kier molecular flexibility index (Phi) is 8.19. The summed E-state index contributed by atoms with van der Waals surface area (Å²) in [6.07, 6.45) is -8.88. The zero-order valence-corrected chi connectivity index (χ0v) is 18.5. The highest BCUT2D eigenvalue weighted by molar-refractivity contribution is 9.10. The zero-order chi connectivity index (χ0) is 24.3. The second-order valence-electron chi connectivity index (χ2n) is 7.27. The van der Waals surface area contributed by atoms with Gasteiger partial charge < -0.3 is 9.64 Å². The molecule has 1 aromatic rings. The molecule has 176 valence electrons. The minimum atomic E-state index is -5.02. The van der Waals surface area contributed by atoms with Crippen LogP contribution in [0.2, 0.25) is 0 Å². The molecule has 1 aliphatic carbocycles. The summed E-state index contributed by atoms with van der Waals surface area (Å²) in [7, 11) is 0. The third kappa shape index (κ3) is 7.11. The molecule has 0 saturated carbocycles. The molecule has 0 heterocycles. The fourth-order valence-electron chi connectivity index (χ4n) is 2.79. The van der Waals surface area contributed by atoms with Crippen LogP contribution in [0.15, 0.2) is 58.1 Å². The smallest absolute Gasteiger partial charge is 0.416 e. The van der Waals surface area contributed by atoms with Gasteiger partial charge in [0.15, 0.2) is 0 Å². The van der Waals surface area contributed by atoms with Crippen molar-refractivity contribution >= 4 is 22.0 Å². The lowest BCUT2D eigenvalue weighted by atomic mass is 10.1. The molecule has 2 rings (SSSR count). The maximum absolute atomic E-state index is 13.5. The minimum absolute atomic E-state index is 0.0141. The molecule has 1 aromatic carbocycles. The van der Waals surface area contributed by atoms with E-state index in [1.54, 1.807) is 13.8 Å². The summed E-state index contributed by atoms with van der Waals surface area (Å²) < 4.78 is 97.4. The van der Waals surface area contributed by atoms with Crippen LogP contribution in [0, 0.1) is 11.7 Å². The molecule has 11 heteroatoms. The van der Waals surface area contributed by atoms with Crippen molar-refractivity contribution in [1.82, 2.24) is 4.90 Å². The topological polar surface area (TPSA) is 29.5 Å². The summed E-state index contributed by atoms with van der Waals surface area (Å²) in [4.78, 5) is 13.8. The molecular formula is C21H19BrF7NO2. The highest BCUT2D eigenvalue weighted by Gasteiger charge is 2.39. The first-order valence-corrected chi connectivity index (χ1v) is 10.1. The quantitative estimate of drug-likeness (QED) is 0.381. The Balaban J connectivity index is 2.17. The average Bonchev–Trinajstić information content (AvgIpc) is 2.89. The van der Waals surface area contributed by atoms with Gasteiger partial charge in [-0.05, 0) is 43.7 Å². The normalized spacial score (nSPS) is 17.0. The van der Waals surface area contributed by atoms with Gasteiger partial charge in [-0.3, -0.25) is 0 Å². The number of hydrogen-bond acceptors (Lipinski definition) is 2. The van der Waals surface area contributed by atoms with E-state index in [0.29, 0.717) is 22.2 Å². The number of allylic oxidation sites excluding steroid dienone is 4. The lowest BCUT2D eigenvalue weighted by Gasteiger charge is -2.27. The van der Waals surface area contributed by atoms with E-state index in [4.69, 9.17) is 4.74 Å². The van der Waals surface area contributed by atoms with Crippen LogP contribution in [0.5, 0.6) is 0 Å². The van der Waals surface area contributed by atoms with E-state index < -0.39 is 54.0 Å². The van der Waals surface area contributed by atoms with Gasteiger partial charge in [-0.15, -0.1) is 0 Å². The molecule has 0 bridgehead atoms. The highest BCUT2D eigenvalue weighted by Crippen LogP contribution is 2.36. The number of carbonyl (C=O) groups is 1. The lowest BCUT2D eigenvalue weighted by molar-refractivity contribution is -0.0933. The van der Waals surface area contributed by atoms with Crippen LogP contribution >= 0.6 is 15.9 Å². The molecule has 1 aliphatic rings. The van der Waals surface area contributed by atoms with E-state index in [-0.39, 0.29) is 12.6 Å². The van der Waals surface area contributed by atoms with Gasteiger partial charge in [-0.2, -0.15) is 26.3 Å². The predicted octanol–water partition coefficient (Wildman–Crippen LogP) is 7.10. The summed E-state index contributed by atoms with van der Waals surface area (Å²) in [6, 6.07) is 3.47. The van der Waals surface area contributed by atoms with Crippen LogP contribution < -0.4 is 0 Å². The van der Waals surface area contributed by atoms with Gasteiger partial charge in [0.25, 0.3) is 0 Å². The van der Waals surface area contributed by atoms with Crippen molar-refractivity contribution in [2.24, 2.45) is 5.92 Å². The van der Waals surface area contributed by atoms with Crippen molar-refractivity contribution in [2.75, 3.05) is 6.61 Å². The first-order chi connectivity index (χ1) is 14.7. The fourth-order valence-corrected chi connectivity index (χ4v) is 3.16. The average molecular weight is 530 g/mol. The Morgan fingerprint density at radius 3 is 2.31 bits per heavy atom. The Morgan fingerprint density at radius 1 is 1.12 bits per heavy atom. The number of halogens is 8. The molecule has 32 heavy (non-hydrogen) atoms. The molecule has 1 atom stereocenters. The number of nitrogens with zero attached hydrogens (tertiary/aromatic N) is 1. The van der Waals surface area contributed by atoms with E-state index in [9.17, 15) is 35.5 Å². The van der Waals surface area contributed by atoms with E-state index in [1.165, 1.54) is 23.1 Å². The van der Waals surface area contributed by atoms with Crippen LogP contribution in [0.3, 0.4) is 0 Å². The lowest BCUT2D eigenvalue weighted by Crippen LogP contribution is -2.37. The SMILES string of the molecule is CC(C)N(Cc1cc(F)ccc1Br)C(=O)OCC1C=CC(C(F)(F)F)=CC(C(F)(F)F)=C1. The second-order valence-corrected chi connectivity index (χ2v) is 8.13. The predicted molar refractivity (Wildman–Crippen MR) is 107 cm³/mol. The molecule has 0 saturated heterocycles. The molecule has 1 amide bonds. The van der Waals surface area contributed by atoms with E-state index in [0.717, 1.165) is 6.08 Å². The number of ether oxygens (including phenoxy) is 1. The third-order valence-corrected chi connectivity index (χ3v) is 5.26. The molecular weight excluding hydrogens is 511 g/mol. The summed E-state index contributed by atoms with van der Waals surface area (Å²) in [5.74, 6) is -1.76. The molecule has 0 spiro atoms. The van der Waals surface area contributed by atoms with Crippen molar-refractivity contribution in [2.45, 2.75) is 38.8 Å². The Bertz CT molecular complexity index is 933. The number of amides is 1. The Morgan fingerprint density at radius 2 is 1.75 bits per heavy atom. The summed E-state index contributed by atoms with van der Waals surface area (Å²) in [5, 5.41) is 0. The van der Waals surface area contributed by atoms with Gasteiger partial charge >= 0.3 is 18.4 Å². The largest absolute Gasteiger partial charge is 0.448 e. The monoisotopic (exact) mass is 529 g/mol. The molecule has 0 aliphatic heterocycles. The van der Waals surface area contributed by atoms with E-state index in [1.807, 2.05) is 0 Å². The van der Waals surface area contributed by atoms with Crippen LogP contribution in [-0.2, 0) is 11.3 Å². The number of benzene rings is 1. The molecule has 0 fully saturated rings.